The Kier molecular flexibility index (Phi) is 5.26. The average molecular weight is 305 g/mol. The minimum absolute atomic E-state index is 0.0636. The van der Waals surface area contributed by atoms with Crippen LogP contribution in [0.1, 0.15) is 31.2 Å². The predicted molar refractivity (Wildman–Crippen MR) is 88.2 cm³/mol. The van der Waals surface area contributed by atoms with Crippen LogP contribution < -0.4 is 14.8 Å². The van der Waals surface area contributed by atoms with Crippen molar-refractivity contribution < 1.29 is 9.47 Å². The summed E-state index contributed by atoms with van der Waals surface area (Å²) in [6.07, 6.45) is 0. The fourth-order valence-electron chi connectivity index (χ4n) is 1.87. The molecule has 4 heteroatoms. The average Bonchev–Trinajstić information content (AvgIpc) is 2.95. The second-order valence-corrected chi connectivity index (χ2v) is 6.98. The van der Waals surface area contributed by atoms with Crippen molar-refractivity contribution in [1.82, 2.24) is 5.32 Å². The van der Waals surface area contributed by atoms with E-state index in [1.54, 1.807) is 18.4 Å². The largest absolute Gasteiger partial charge is 0.497 e. The summed E-state index contributed by atoms with van der Waals surface area (Å²) >= 11 is 1.71. The van der Waals surface area contributed by atoms with Gasteiger partial charge < -0.3 is 14.8 Å². The summed E-state index contributed by atoms with van der Waals surface area (Å²) in [5.74, 6) is 1.75. The van der Waals surface area contributed by atoms with Gasteiger partial charge in [0.2, 0.25) is 0 Å². The molecule has 0 saturated carbocycles. The summed E-state index contributed by atoms with van der Waals surface area (Å²) in [6.45, 7) is 7.81. The Morgan fingerprint density at radius 2 is 2.00 bits per heavy atom. The lowest BCUT2D eigenvalue weighted by Gasteiger charge is -2.22. The van der Waals surface area contributed by atoms with E-state index in [0.717, 1.165) is 23.6 Å². The summed E-state index contributed by atoms with van der Waals surface area (Å²) in [4.78, 5) is 1.22. The van der Waals surface area contributed by atoms with Gasteiger partial charge in [-0.15, -0.1) is 11.3 Å². The first-order valence-corrected chi connectivity index (χ1v) is 7.93. The highest BCUT2D eigenvalue weighted by molar-refractivity contribution is 7.09. The van der Waals surface area contributed by atoms with Gasteiger partial charge in [-0.25, -0.2) is 0 Å². The van der Waals surface area contributed by atoms with E-state index in [-0.39, 0.29) is 5.54 Å². The van der Waals surface area contributed by atoms with Gasteiger partial charge in [-0.3, -0.25) is 0 Å². The van der Waals surface area contributed by atoms with E-state index < -0.39 is 0 Å². The van der Waals surface area contributed by atoms with Crippen LogP contribution in [0.4, 0.5) is 0 Å². The van der Waals surface area contributed by atoms with Gasteiger partial charge in [-0.2, -0.15) is 0 Å². The number of benzene rings is 1. The quantitative estimate of drug-likeness (QED) is 0.866. The third-order valence-electron chi connectivity index (χ3n) is 3.03. The monoisotopic (exact) mass is 305 g/mol. The number of methoxy groups -OCH3 is 1. The Balaban J connectivity index is 2.10. The molecule has 0 aliphatic heterocycles. The van der Waals surface area contributed by atoms with Crippen molar-refractivity contribution in [3.8, 4) is 11.5 Å². The highest BCUT2D eigenvalue weighted by Crippen LogP contribution is 2.26. The van der Waals surface area contributed by atoms with Crippen LogP contribution in [-0.2, 0) is 13.2 Å². The molecule has 0 aliphatic rings. The van der Waals surface area contributed by atoms with Gasteiger partial charge in [0, 0.05) is 22.5 Å². The highest BCUT2D eigenvalue weighted by Gasteiger charge is 2.12. The normalized spacial score (nSPS) is 11.4. The van der Waals surface area contributed by atoms with Crippen LogP contribution in [0.25, 0.3) is 0 Å². The van der Waals surface area contributed by atoms with Crippen molar-refractivity contribution in [1.29, 1.82) is 0 Å². The Labute approximate surface area is 130 Å². The second-order valence-electron chi connectivity index (χ2n) is 5.95. The lowest BCUT2D eigenvalue weighted by atomic mass is 10.1. The van der Waals surface area contributed by atoms with Crippen molar-refractivity contribution in [2.45, 2.75) is 39.5 Å². The van der Waals surface area contributed by atoms with E-state index in [1.165, 1.54) is 4.88 Å². The molecule has 0 amide bonds. The first-order valence-electron chi connectivity index (χ1n) is 7.05. The molecule has 1 aromatic carbocycles. The second kappa shape index (κ2) is 6.96. The summed E-state index contributed by atoms with van der Waals surface area (Å²) in [5, 5.41) is 5.55. The van der Waals surface area contributed by atoms with Gasteiger partial charge >= 0.3 is 0 Å². The highest BCUT2D eigenvalue weighted by atomic mass is 32.1. The molecule has 1 heterocycles. The lowest BCUT2D eigenvalue weighted by molar-refractivity contribution is 0.302. The minimum atomic E-state index is 0.0636. The maximum absolute atomic E-state index is 5.96. The molecule has 0 atom stereocenters. The molecule has 0 radical (unpaired) electrons. The summed E-state index contributed by atoms with van der Waals surface area (Å²) in [6, 6.07) is 10.1. The third-order valence-corrected chi connectivity index (χ3v) is 3.88. The number of hydrogen-bond donors (Lipinski definition) is 1. The molecule has 1 aromatic heterocycles. The van der Waals surface area contributed by atoms with E-state index in [1.807, 2.05) is 24.3 Å². The van der Waals surface area contributed by atoms with Crippen LogP contribution in [0.15, 0.2) is 35.7 Å². The zero-order valence-electron chi connectivity index (χ0n) is 13.1. The zero-order chi connectivity index (χ0) is 15.3. The van der Waals surface area contributed by atoms with Gasteiger partial charge in [-0.05, 0) is 50.4 Å². The van der Waals surface area contributed by atoms with Gasteiger partial charge in [0.1, 0.15) is 18.1 Å². The smallest absolute Gasteiger partial charge is 0.124 e. The van der Waals surface area contributed by atoms with Crippen molar-refractivity contribution in [3.05, 3.63) is 46.2 Å². The molecule has 0 fully saturated rings. The van der Waals surface area contributed by atoms with Crippen LogP contribution >= 0.6 is 11.3 Å². The van der Waals surface area contributed by atoms with Crippen molar-refractivity contribution >= 4 is 11.3 Å². The summed E-state index contributed by atoms with van der Waals surface area (Å²) in [5.41, 5.74) is 1.18. The van der Waals surface area contributed by atoms with Crippen LogP contribution in [-0.4, -0.2) is 12.6 Å². The number of nitrogens with one attached hydrogen (secondary N) is 1. The predicted octanol–water partition coefficient (Wildman–Crippen LogP) is 4.22. The Hall–Kier alpha value is -1.52. The molecule has 21 heavy (non-hydrogen) atoms. The number of thiophene rings is 1. The van der Waals surface area contributed by atoms with E-state index >= 15 is 0 Å². The van der Waals surface area contributed by atoms with Crippen molar-refractivity contribution in [3.63, 3.8) is 0 Å². The molecule has 114 valence electrons. The molecule has 2 rings (SSSR count). The van der Waals surface area contributed by atoms with E-state index in [2.05, 4.69) is 37.5 Å². The molecule has 0 bridgehead atoms. The maximum atomic E-state index is 5.96. The summed E-state index contributed by atoms with van der Waals surface area (Å²) < 4.78 is 11.3. The first kappa shape index (κ1) is 15.9. The van der Waals surface area contributed by atoms with Crippen LogP contribution in [0.2, 0.25) is 0 Å². The Morgan fingerprint density at radius 1 is 1.19 bits per heavy atom. The SMILES string of the molecule is COc1ccc(OCc2cccs2)c(CNC(C)(C)C)c1. The van der Waals surface area contributed by atoms with E-state index in [4.69, 9.17) is 9.47 Å². The lowest BCUT2D eigenvalue weighted by Crippen LogP contribution is -2.35. The van der Waals surface area contributed by atoms with Gasteiger partial charge in [0.15, 0.2) is 0 Å². The van der Waals surface area contributed by atoms with Crippen molar-refractivity contribution in [2.75, 3.05) is 7.11 Å². The Bertz CT molecular complexity index is 559. The Morgan fingerprint density at radius 3 is 2.62 bits per heavy atom. The van der Waals surface area contributed by atoms with E-state index in [0.29, 0.717) is 6.61 Å². The van der Waals surface area contributed by atoms with Crippen LogP contribution in [0.3, 0.4) is 0 Å². The molecule has 0 saturated heterocycles. The van der Waals surface area contributed by atoms with Crippen LogP contribution in [0.5, 0.6) is 11.5 Å². The number of rotatable bonds is 6. The molecule has 0 unspecified atom stereocenters. The minimum Gasteiger partial charge on any atom is -0.497 e. The summed E-state index contributed by atoms with van der Waals surface area (Å²) in [7, 11) is 1.68. The zero-order valence-corrected chi connectivity index (χ0v) is 13.9. The maximum Gasteiger partial charge on any atom is 0.124 e. The van der Waals surface area contributed by atoms with Crippen LogP contribution in [0, 0.1) is 0 Å². The number of hydrogen-bond acceptors (Lipinski definition) is 4. The molecule has 0 aliphatic carbocycles. The first-order chi connectivity index (χ1) is 9.98. The van der Waals surface area contributed by atoms with E-state index in [9.17, 15) is 0 Å². The third kappa shape index (κ3) is 5.06. The van der Waals surface area contributed by atoms with Gasteiger partial charge in [-0.1, -0.05) is 6.07 Å². The van der Waals surface area contributed by atoms with Gasteiger partial charge in [0.05, 0.1) is 7.11 Å². The fourth-order valence-corrected chi connectivity index (χ4v) is 2.48. The molecule has 0 spiro atoms. The van der Waals surface area contributed by atoms with Gasteiger partial charge in [0.25, 0.3) is 0 Å². The number of ether oxygens (including phenoxy) is 2. The van der Waals surface area contributed by atoms with Crippen molar-refractivity contribution in [2.24, 2.45) is 0 Å². The molecule has 2 aromatic rings. The molecular weight excluding hydrogens is 282 g/mol. The molecule has 1 N–H and O–H groups in total. The molecule has 3 nitrogen and oxygen atoms in total. The fraction of sp³-hybridized carbons (Fsp3) is 0.412. The topological polar surface area (TPSA) is 30.5 Å². The molecular formula is C17H23NO2S. The standard InChI is InChI=1S/C17H23NO2S/c1-17(2,3)18-11-13-10-14(19-4)7-8-16(13)20-12-15-6-5-9-21-15/h5-10,18H,11-12H2,1-4H3.